The highest BCUT2D eigenvalue weighted by atomic mass is 32.1. The van der Waals surface area contributed by atoms with Gasteiger partial charge in [0, 0.05) is 11.9 Å². The lowest BCUT2D eigenvalue weighted by Crippen LogP contribution is -2.38. The SMILES string of the molecule is C[C@@H](c1ccc(-n2cncn2)cc1)N(C)C(=O)NCc1cccs1. The summed E-state index contributed by atoms with van der Waals surface area (Å²) in [6.07, 6.45) is 3.16. The van der Waals surface area contributed by atoms with Gasteiger partial charge in [-0.1, -0.05) is 18.2 Å². The van der Waals surface area contributed by atoms with Crippen LogP contribution >= 0.6 is 11.3 Å². The van der Waals surface area contributed by atoms with Crippen LogP contribution in [0.4, 0.5) is 4.79 Å². The van der Waals surface area contributed by atoms with E-state index >= 15 is 0 Å². The van der Waals surface area contributed by atoms with E-state index < -0.39 is 0 Å². The van der Waals surface area contributed by atoms with Crippen molar-refractivity contribution >= 4 is 17.4 Å². The molecule has 0 bridgehead atoms. The molecule has 0 aliphatic rings. The lowest BCUT2D eigenvalue weighted by molar-refractivity contribution is 0.194. The molecule has 0 saturated heterocycles. The second-order valence-corrected chi connectivity index (χ2v) is 6.49. The van der Waals surface area contributed by atoms with Crippen molar-refractivity contribution in [2.24, 2.45) is 0 Å². The van der Waals surface area contributed by atoms with E-state index in [1.807, 2.05) is 48.7 Å². The van der Waals surface area contributed by atoms with Gasteiger partial charge in [0.1, 0.15) is 12.7 Å². The summed E-state index contributed by atoms with van der Waals surface area (Å²) < 4.78 is 1.70. The van der Waals surface area contributed by atoms with Gasteiger partial charge in [0.05, 0.1) is 18.3 Å². The van der Waals surface area contributed by atoms with Gasteiger partial charge in [0.2, 0.25) is 0 Å². The van der Waals surface area contributed by atoms with Gasteiger partial charge >= 0.3 is 6.03 Å². The summed E-state index contributed by atoms with van der Waals surface area (Å²) in [5.41, 5.74) is 2.00. The zero-order valence-electron chi connectivity index (χ0n) is 13.6. The number of aromatic nitrogens is 3. The van der Waals surface area contributed by atoms with Crippen LogP contribution in [0.3, 0.4) is 0 Å². The fraction of sp³-hybridized carbons (Fsp3) is 0.235. The van der Waals surface area contributed by atoms with Crippen molar-refractivity contribution in [2.75, 3.05) is 7.05 Å². The average Bonchev–Trinajstić information content (AvgIpc) is 3.32. The number of urea groups is 1. The van der Waals surface area contributed by atoms with E-state index in [4.69, 9.17) is 0 Å². The number of hydrogen-bond donors (Lipinski definition) is 1. The van der Waals surface area contributed by atoms with Crippen LogP contribution in [0, 0.1) is 0 Å². The van der Waals surface area contributed by atoms with E-state index in [0.29, 0.717) is 6.54 Å². The normalized spacial score (nSPS) is 11.9. The molecule has 2 amide bonds. The molecule has 0 spiro atoms. The Morgan fingerprint density at radius 3 is 2.75 bits per heavy atom. The average molecular weight is 341 g/mol. The van der Waals surface area contributed by atoms with Crippen LogP contribution in [-0.2, 0) is 6.54 Å². The van der Waals surface area contributed by atoms with Gasteiger partial charge in [-0.2, -0.15) is 5.10 Å². The number of hydrogen-bond acceptors (Lipinski definition) is 4. The van der Waals surface area contributed by atoms with Gasteiger partial charge in [-0.15, -0.1) is 11.3 Å². The van der Waals surface area contributed by atoms with Crippen molar-refractivity contribution in [1.29, 1.82) is 0 Å². The van der Waals surface area contributed by atoms with Gasteiger partial charge in [-0.05, 0) is 36.1 Å². The lowest BCUT2D eigenvalue weighted by atomic mass is 10.1. The molecule has 1 aromatic carbocycles. The van der Waals surface area contributed by atoms with Gasteiger partial charge in [-0.3, -0.25) is 0 Å². The third-order valence-electron chi connectivity index (χ3n) is 3.95. The number of amides is 2. The summed E-state index contributed by atoms with van der Waals surface area (Å²) in [7, 11) is 1.81. The second kappa shape index (κ2) is 7.27. The Kier molecular flexibility index (Phi) is 4.90. The number of benzene rings is 1. The molecule has 0 aliphatic heterocycles. The van der Waals surface area contributed by atoms with Crippen LogP contribution in [0.5, 0.6) is 0 Å². The van der Waals surface area contributed by atoms with Gasteiger partial charge in [0.25, 0.3) is 0 Å². The standard InChI is InChI=1S/C17H19N5OS/c1-13(21(2)17(23)19-10-16-4-3-9-24-16)14-5-7-15(8-6-14)22-12-18-11-20-22/h3-9,11-13H,10H2,1-2H3,(H,19,23)/t13-/m0/s1. The minimum Gasteiger partial charge on any atom is -0.333 e. The molecule has 1 N–H and O–H groups in total. The highest BCUT2D eigenvalue weighted by molar-refractivity contribution is 7.09. The predicted octanol–water partition coefficient (Wildman–Crippen LogP) is 3.23. The van der Waals surface area contributed by atoms with Crippen LogP contribution in [0.1, 0.15) is 23.4 Å². The van der Waals surface area contributed by atoms with Crippen molar-refractivity contribution in [3.63, 3.8) is 0 Å². The summed E-state index contributed by atoms with van der Waals surface area (Å²) in [5, 5.41) is 9.05. The van der Waals surface area contributed by atoms with E-state index in [1.54, 1.807) is 34.3 Å². The van der Waals surface area contributed by atoms with Crippen molar-refractivity contribution in [3.05, 3.63) is 64.9 Å². The number of carbonyl (C=O) groups is 1. The summed E-state index contributed by atoms with van der Waals surface area (Å²) in [5.74, 6) is 0. The summed E-state index contributed by atoms with van der Waals surface area (Å²) in [6, 6.07) is 11.8. The van der Waals surface area contributed by atoms with Gasteiger partial charge in [0.15, 0.2) is 0 Å². The van der Waals surface area contributed by atoms with Crippen LogP contribution in [-0.4, -0.2) is 32.7 Å². The third kappa shape index (κ3) is 3.62. The Balaban J connectivity index is 1.62. The van der Waals surface area contributed by atoms with E-state index in [-0.39, 0.29) is 12.1 Å². The molecule has 124 valence electrons. The molecule has 1 atom stereocenters. The topological polar surface area (TPSA) is 63.1 Å². The van der Waals surface area contributed by atoms with Crippen LogP contribution < -0.4 is 5.32 Å². The van der Waals surface area contributed by atoms with Gasteiger partial charge in [-0.25, -0.2) is 14.5 Å². The second-order valence-electron chi connectivity index (χ2n) is 5.46. The largest absolute Gasteiger partial charge is 0.333 e. The Morgan fingerprint density at radius 1 is 1.33 bits per heavy atom. The lowest BCUT2D eigenvalue weighted by Gasteiger charge is -2.25. The van der Waals surface area contributed by atoms with E-state index in [1.165, 1.54) is 6.33 Å². The minimum atomic E-state index is -0.0868. The first-order chi connectivity index (χ1) is 11.6. The number of nitrogens with one attached hydrogen (secondary N) is 1. The first kappa shape index (κ1) is 16.2. The van der Waals surface area contributed by atoms with Crippen LogP contribution in [0.2, 0.25) is 0 Å². The smallest absolute Gasteiger partial charge is 0.317 e. The number of thiophene rings is 1. The zero-order chi connectivity index (χ0) is 16.9. The molecule has 0 fully saturated rings. The molecule has 0 aliphatic carbocycles. The maximum Gasteiger partial charge on any atom is 0.317 e. The number of nitrogens with zero attached hydrogens (tertiary/aromatic N) is 4. The highest BCUT2D eigenvalue weighted by Gasteiger charge is 2.17. The molecular formula is C17H19N5OS. The number of carbonyl (C=O) groups excluding carboxylic acids is 1. The molecule has 24 heavy (non-hydrogen) atoms. The van der Waals surface area contributed by atoms with Crippen LogP contribution in [0.15, 0.2) is 54.4 Å². The Hall–Kier alpha value is -2.67. The van der Waals surface area contributed by atoms with Crippen molar-refractivity contribution in [2.45, 2.75) is 19.5 Å². The maximum absolute atomic E-state index is 12.3. The fourth-order valence-electron chi connectivity index (χ4n) is 2.35. The minimum absolute atomic E-state index is 0.0295. The third-order valence-corrected chi connectivity index (χ3v) is 4.83. The Morgan fingerprint density at radius 2 is 2.12 bits per heavy atom. The summed E-state index contributed by atoms with van der Waals surface area (Å²) >= 11 is 1.64. The highest BCUT2D eigenvalue weighted by Crippen LogP contribution is 2.20. The first-order valence-corrected chi connectivity index (χ1v) is 8.51. The molecule has 7 heteroatoms. The van der Waals surface area contributed by atoms with Gasteiger partial charge < -0.3 is 10.2 Å². The quantitative estimate of drug-likeness (QED) is 0.775. The molecule has 0 unspecified atom stereocenters. The monoisotopic (exact) mass is 341 g/mol. The fourth-order valence-corrected chi connectivity index (χ4v) is 2.99. The molecule has 0 radical (unpaired) electrons. The van der Waals surface area contributed by atoms with E-state index in [9.17, 15) is 4.79 Å². The van der Waals surface area contributed by atoms with Crippen molar-refractivity contribution in [1.82, 2.24) is 25.0 Å². The Bertz CT molecular complexity index is 768. The molecule has 6 nitrogen and oxygen atoms in total. The summed E-state index contributed by atoms with van der Waals surface area (Å²) in [6.45, 7) is 2.56. The van der Waals surface area contributed by atoms with Crippen LogP contribution in [0.25, 0.3) is 5.69 Å². The summed E-state index contributed by atoms with van der Waals surface area (Å²) in [4.78, 5) is 19.1. The predicted molar refractivity (Wildman–Crippen MR) is 94.1 cm³/mol. The zero-order valence-corrected chi connectivity index (χ0v) is 14.4. The first-order valence-electron chi connectivity index (χ1n) is 7.63. The molecule has 2 aromatic heterocycles. The molecule has 2 heterocycles. The molecule has 3 aromatic rings. The van der Waals surface area contributed by atoms with Crippen molar-refractivity contribution in [3.8, 4) is 5.69 Å². The Labute approximate surface area is 144 Å². The molecule has 0 saturated carbocycles. The number of rotatable bonds is 5. The molecular weight excluding hydrogens is 322 g/mol. The molecule has 3 rings (SSSR count). The van der Waals surface area contributed by atoms with Crippen molar-refractivity contribution < 1.29 is 4.79 Å². The maximum atomic E-state index is 12.3. The van der Waals surface area contributed by atoms with E-state index in [2.05, 4.69) is 15.4 Å². The van der Waals surface area contributed by atoms with E-state index in [0.717, 1.165) is 16.1 Å².